The highest BCUT2D eigenvalue weighted by atomic mass is 35.5. The van der Waals surface area contributed by atoms with Crippen LogP contribution in [-0.4, -0.2) is 60.9 Å². The molecular formula is C22H30ClN3O2. The topological polar surface area (TPSA) is 52.7 Å². The smallest absolute Gasteiger partial charge is 0.230 e. The molecule has 152 valence electrons. The molecule has 3 fully saturated rings. The number of carbonyl (C=O) groups excluding carboxylic acids is 2. The van der Waals surface area contributed by atoms with Crippen LogP contribution in [0.3, 0.4) is 0 Å². The average Bonchev–Trinajstić information content (AvgIpc) is 3.34. The fourth-order valence-corrected chi connectivity index (χ4v) is 4.79. The van der Waals surface area contributed by atoms with Crippen LogP contribution >= 0.6 is 11.6 Å². The van der Waals surface area contributed by atoms with Crippen molar-refractivity contribution in [2.45, 2.75) is 43.9 Å². The highest BCUT2D eigenvalue weighted by Gasteiger charge is 2.51. The van der Waals surface area contributed by atoms with Crippen molar-refractivity contribution in [1.82, 2.24) is 15.1 Å². The summed E-state index contributed by atoms with van der Waals surface area (Å²) in [5.74, 6) is 0.766. The minimum Gasteiger partial charge on any atom is -0.354 e. The van der Waals surface area contributed by atoms with Gasteiger partial charge in [0, 0.05) is 50.2 Å². The Morgan fingerprint density at radius 2 is 1.68 bits per heavy atom. The molecule has 1 saturated heterocycles. The molecule has 1 heterocycles. The summed E-state index contributed by atoms with van der Waals surface area (Å²) in [7, 11) is 0. The lowest BCUT2D eigenvalue weighted by molar-refractivity contribution is -0.137. The zero-order valence-electron chi connectivity index (χ0n) is 16.5. The second-order valence-electron chi connectivity index (χ2n) is 8.49. The molecule has 1 aromatic carbocycles. The van der Waals surface area contributed by atoms with E-state index < -0.39 is 0 Å². The van der Waals surface area contributed by atoms with E-state index in [4.69, 9.17) is 11.6 Å². The van der Waals surface area contributed by atoms with Crippen LogP contribution in [-0.2, 0) is 15.0 Å². The largest absolute Gasteiger partial charge is 0.354 e. The monoisotopic (exact) mass is 403 g/mol. The number of amides is 2. The summed E-state index contributed by atoms with van der Waals surface area (Å²) < 4.78 is 0. The first-order valence-corrected chi connectivity index (χ1v) is 11.0. The maximum Gasteiger partial charge on any atom is 0.230 e. The van der Waals surface area contributed by atoms with Crippen LogP contribution in [0.2, 0.25) is 5.02 Å². The van der Waals surface area contributed by atoms with E-state index in [2.05, 4.69) is 10.2 Å². The summed E-state index contributed by atoms with van der Waals surface area (Å²) in [6.07, 6.45) is 6.35. The number of nitrogens with one attached hydrogen (secondary N) is 1. The maximum atomic E-state index is 12.7. The molecule has 0 radical (unpaired) electrons. The molecule has 3 aliphatic rings. The van der Waals surface area contributed by atoms with Crippen LogP contribution in [0.1, 0.15) is 44.1 Å². The summed E-state index contributed by atoms with van der Waals surface area (Å²) in [5, 5.41) is 3.83. The normalized spacial score (nSPS) is 22.2. The number of carbonyl (C=O) groups is 2. The van der Waals surface area contributed by atoms with Crippen molar-refractivity contribution in [3.8, 4) is 0 Å². The third kappa shape index (κ3) is 4.20. The van der Waals surface area contributed by atoms with Crippen LogP contribution in [0, 0.1) is 5.92 Å². The Bertz CT molecular complexity index is 703. The van der Waals surface area contributed by atoms with Gasteiger partial charge in [-0.05, 0) is 43.4 Å². The summed E-state index contributed by atoms with van der Waals surface area (Å²) >= 11 is 5.97. The molecule has 2 saturated carbocycles. The summed E-state index contributed by atoms with van der Waals surface area (Å²) in [5.41, 5.74) is 0.713. The standard InChI is InChI=1S/C22H30ClN3O2/c23-19-7-5-18(6-8-19)22(9-10-22)21(28)24-11-12-25-13-15-26(16-14-25)20(27)17-3-1-2-4-17/h5-8,17H,1-4,9-16H2,(H,24,28). The van der Waals surface area contributed by atoms with Crippen LogP contribution in [0.25, 0.3) is 0 Å². The van der Waals surface area contributed by atoms with Gasteiger partial charge in [0.05, 0.1) is 5.41 Å². The van der Waals surface area contributed by atoms with Crippen molar-refractivity contribution in [2.24, 2.45) is 5.92 Å². The van der Waals surface area contributed by atoms with E-state index in [1.807, 2.05) is 29.2 Å². The predicted octanol–water partition coefficient (Wildman–Crippen LogP) is 2.82. The second kappa shape index (κ2) is 8.42. The Hall–Kier alpha value is -1.59. The molecule has 5 nitrogen and oxygen atoms in total. The van der Waals surface area contributed by atoms with Crippen molar-refractivity contribution in [2.75, 3.05) is 39.3 Å². The quantitative estimate of drug-likeness (QED) is 0.794. The zero-order valence-corrected chi connectivity index (χ0v) is 17.2. The molecule has 1 N–H and O–H groups in total. The highest BCUT2D eigenvalue weighted by Crippen LogP contribution is 2.48. The number of nitrogens with zero attached hydrogens (tertiary/aromatic N) is 2. The van der Waals surface area contributed by atoms with Crippen molar-refractivity contribution >= 4 is 23.4 Å². The lowest BCUT2D eigenvalue weighted by Crippen LogP contribution is -2.51. The van der Waals surface area contributed by atoms with E-state index in [0.29, 0.717) is 17.5 Å². The SMILES string of the molecule is O=C(C1CCCC1)N1CCN(CCNC(=O)C2(c3ccc(Cl)cc3)CC2)CC1. The van der Waals surface area contributed by atoms with Crippen molar-refractivity contribution in [3.05, 3.63) is 34.9 Å². The molecule has 0 bridgehead atoms. The van der Waals surface area contributed by atoms with Gasteiger partial charge in [-0.1, -0.05) is 36.6 Å². The molecule has 0 unspecified atom stereocenters. The Balaban J connectivity index is 1.19. The number of piperazine rings is 1. The van der Waals surface area contributed by atoms with Gasteiger partial charge in [-0.3, -0.25) is 14.5 Å². The number of halogens is 1. The molecule has 4 rings (SSSR count). The Morgan fingerprint density at radius 3 is 2.29 bits per heavy atom. The van der Waals surface area contributed by atoms with Crippen LogP contribution < -0.4 is 5.32 Å². The summed E-state index contributed by atoms with van der Waals surface area (Å²) in [6, 6.07) is 7.65. The van der Waals surface area contributed by atoms with Crippen molar-refractivity contribution < 1.29 is 9.59 Å². The van der Waals surface area contributed by atoms with Gasteiger partial charge in [0.1, 0.15) is 0 Å². The third-order valence-electron chi connectivity index (χ3n) is 6.68. The minimum atomic E-state index is -0.350. The van der Waals surface area contributed by atoms with Crippen molar-refractivity contribution in [1.29, 1.82) is 0 Å². The maximum absolute atomic E-state index is 12.7. The molecule has 2 amide bonds. The molecule has 0 atom stereocenters. The van der Waals surface area contributed by atoms with Crippen LogP contribution in [0.4, 0.5) is 0 Å². The lowest BCUT2D eigenvalue weighted by Gasteiger charge is -2.36. The molecule has 28 heavy (non-hydrogen) atoms. The Kier molecular flexibility index (Phi) is 5.93. The predicted molar refractivity (Wildman–Crippen MR) is 110 cm³/mol. The van der Waals surface area contributed by atoms with E-state index >= 15 is 0 Å². The van der Waals surface area contributed by atoms with Gasteiger partial charge < -0.3 is 10.2 Å². The van der Waals surface area contributed by atoms with Gasteiger partial charge in [-0.2, -0.15) is 0 Å². The van der Waals surface area contributed by atoms with Gasteiger partial charge in [-0.15, -0.1) is 0 Å². The summed E-state index contributed by atoms with van der Waals surface area (Å²) in [4.78, 5) is 29.6. The van der Waals surface area contributed by atoms with E-state index in [1.54, 1.807) is 0 Å². The van der Waals surface area contributed by atoms with Gasteiger partial charge in [0.25, 0.3) is 0 Å². The van der Waals surface area contributed by atoms with Gasteiger partial charge in [-0.25, -0.2) is 0 Å². The zero-order chi connectivity index (χ0) is 19.6. The second-order valence-corrected chi connectivity index (χ2v) is 8.93. The van der Waals surface area contributed by atoms with E-state index in [1.165, 1.54) is 12.8 Å². The highest BCUT2D eigenvalue weighted by molar-refractivity contribution is 6.30. The first kappa shape index (κ1) is 19.7. The first-order valence-electron chi connectivity index (χ1n) is 10.6. The van der Waals surface area contributed by atoms with Gasteiger partial charge in [0.2, 0.25) is 11.8 Å². The Labute approximate surface area is 172 Å². The fourth-order valence-electron chi connectivity index (χ4n) is 4.66. The molecule has 0 spiro atoms. The minimum absolute atomic E-state index is 0.130. The van der Waals surface area contributed by atoms with E-state index in [-0.39, 0.29) is 17.2 Å². The average molecular weight is 404 g/mol. The molecule has 0 aromatic heterocycles. The third-order valence-corrected chi connectivity index (χ3v) is 6.94. The molecule has 6 heteroatoms. The number of hydrogen-bond acceptors (Lipinski definition) is 3. The fraction of sp³-hybridized carbons (Fsp3) is 0.636. The number of hydrogen-bond donors (Lipinski definition) is 1. The summed E-state index contributed by atoms with van der Waals surface area (Å²) in [6.45, 7) is 4.93. The van der Waals surface area contributed by atoms with Crippen LogP contribution in [0.5, 0.6) is 0 Å². The molecule has 1 aromatic rings. The van der Waals surface area contributed by atoms with Crippen molar-refractivity contribution in [3.63, 3.8) is 0 Å². The van der Waals surface area contributed by atoms with Crippen LogP contribution in [0.15, 0.2) is 24.3 Å². The Morgan fingerprint density at radius 1 is 1.04 bits per heavy atom. The van der Waals surface area contributed by atoms with Gasteiger partial charge in [0.15, 0.2) is 0 Å². The van der Waals surface area contributed by atoms with E-state index in [9.17, 15) is 9.59 Å². The first-order chi connectivity index (χ1) is 13.6. The molecule has 2 aliphatic carbocycles. The van der Waals surface area contributed by atoms with Gasteiger partial charge >= 0.3 is 0 Å². The lowest BCUT2D eigenvalue weighted by atomic mass is 9.95. The number of benzene rings is 1. The molecular weight excluding hydrogens is 374 g/mol. The van der Waals surface area contributed by atoms with E-state index in [0.717, 1.165) is 64.0 Å². The number of rotatable bonds is 6. The molecule has 1 aliphatic heterocycles.